The van der Waals surface area contributed by atoms with Crippen LogP contribution in [0.1, 0.15) is 11.1 Å². The van der Waals surface area contributed by atoms with Gasteiger partial charge in [0.05, 0.1) is 8.07 Å². The van der Waals surface area contributed by atoms with Gasteiger partial charge in [-0.05, 0) is 34.7 Å². The molecular weight excluding hydrogens is 208 g/mol. The minimum Gasteiger partial charge on any atom is -0.0656 e. The molecule has 0 spiro atoms. The summed E-state index contributed by atoms with van der Waals surface area (Å²) in [5.74, 6) is 0. The predicted molar refractivity (Wildman–Crippen MR) is 74.3 cm³/mol. The normalized spacial score (nSPS) is 14.7. The van der Waals surface area contributed by atoms with E-state index >= 15 is 0 Å². The minimum absolute atomic E-state index is 1.22. The third kappa shape index (κ3) is 1.35. The fourth-order valence-corrected chi connectivity index (χ4v) is 4.50. The topological polar surface area (TPSA) is 0 Å². The van der Waals surface area contributed by atoms with Crippen molar-refractivity contribution in [2.24, 2.45) is 0 Å². The van der Waals surface area contributed by atoms with Gasteiger partial charge in [-0.1, -0.05) is 55.2 Å². The Morgan fingerprint density at radius 1 is 0.875 bits per heavy atom. The van der Waals surface area contributed by atoms with Crippen LogP contribution in [0.25, 0.3) is 10.8 Å². The molecule has 82 valence electrons. The van der Waals surface area contributed by atoms with Crippen molar-refractivity contribution in [3.8, 4) is 0 Å². The molecule has 3 rings (SSSR count). The van der Waals surface area contributed by atoms with Crippen molar-refractivity contribution < 1.29 is 0 Å². The number of aryl methyl sites for hydroxylation is 2. The molecule has 0 N–H and O–H groups in total. The van der Waals surface area contributed by atoms with Crippen molar-refractivity contribution in [1.29, 1.82) is 0 Å². The summed E-state index contributed by atoms with van der Waals surface area (Å²) in [4.78, 5) is 0. The van der Waals surface area contributed by atoms with Gasteiger partial charge in [0, 0.05) is 0 Å². The zero-order valence-corrected chi connectivity index (χ0v) is 11.3. The summed E-state index contributed by atoms with van der Waals surface area (Å²) < 4.78 is 0. The smallest absolute Gasteiger partial charge is 0.0656 e. The molecular formula is C15H18Si. The highest BCUT2D eigenvalue weighted by molar-refractivity contribution is 6.90. The summed E-state index contributed by atoms with van der Waals surface area (Å²) in [6, 6.07) is 11.6. The van der Waals surface area contributed by atoms with Crippen molar-refractivity contribution in [3.05, 3.63) is 41.5 Å². The van der Waals surface area contributed by atoms with E-state index < -0.39 is 8.07 Å². The monoisotopic (exact) mass is 226 g/mol. The van der Waals surface area contributed by atoms with Crippen LogP contribution in [0.3, 0.4) is 0 Å². The van der Waals surface area contributed by atoms with Crippen LogP contribution in [0, 0.1) is 0 Å². The molecule has 2 aromatic rings. The highest BCUT2D eigenvalue weighted by Gasteiger charge is 2.22. The first kappa shape index (κ1) is 10.1. The van der Waals surface area contributed by atoms with Crippen LogP contribution in [0.2, 0.25) is 19.6 Å². The summed E-state index contributed by atoms with van der Waals surface area (Å²) >= 11 is 0. The lowest BCUT2D eigenvalue weighted by atomic mass is 10.1. The van der Waals surface area contributed by atoms with Crippen molar-refractivity contribution >= 4 is 24.0 Å². The average molecular weight is 226 g/mol. The largest absolute Gasteiger partial charge is 0.0784 e. The summed E-state index contributed by atoms with van der Waals surface area (Å²) in [5, 5.41) is 4.73. The van der Waals surface area contributed by atoms with Crippen LogP contribution >= 0.6 is 0 Å². The summed E-state index contributed by atoms with van der Waals surface area (Å²) in [7, 11) is -1.22. The SMILES string of the molecule is C[Si](C)(C)c1ccc2c3c(cccc13)CC2. The zero-order valence-electron chi connectivity index (χ0n) is 10.3. The fourth-order valence-electron chi connectivity index (χ4n) is 2.90. The molecule has 0 aliphatic heterocycles. The van der Waals surface area contributed by atoms with Crippen molar-refractivity contribution in [2.75, 3.05) is 0 Å². The van der Waals surface area contributed by atoms with Gasteiger partial charge in [-0.25, -0.2) is 0 Å². The van der Waals surface area contributed by atoms with Gasteiger partial charge < -0.3 is 0 Å². The van der Waals surface area contributed by atoms with Gasteiger partial charge in [0.1, 0.15) is 0 Å². The van der Waals surface area contributed by atoms with Gasteiger partial charge in [0.25, 0.3) is 0 Å². The molecule has 1 aliphatic carbocycles. The van der Waals surface area contributed by atoms with Crippen LogP contribution in [0.4, 0.5) is 0 Å². The molecule has 0 amide bonds. The van der Waals surface area contributed by atoms with E-state index in [-0.39, 0.29) is 0 Å². The first-order valence-corrected chi connectivity index (χ1v) is 9.61. The van der Waals surface area contributed by atoms with E-state index in [1.54, 1.807) is 21.7 Å². The molecule has 1 heteroatoms. The van der Waals surface area contributed by atoms with E-state index in [1.165, 1.54) is 18.2 Å². The molecule has 0 atom stereocenters. The van der Waals surface area contributed by atoms with E-state index in [2.05, 4.69) is 50.0 Å². The average Bonchev–Trinajstić information content (AvgIpc) is 2.63. The van der Waals surface area contributed by atoms with Gasteiger partial charge >= 0.3 is 0 Å². The first-order valence-electron chi connectivity index (χ1n) is 6.11. The maximum atomic E-state index is 2.44. The lowest BCUT2D eigenvalue weighted by Gasteiger charge is -2.20. The highest BCUT2D eigenvalue weighted by Crippen LogP contribution is 2.30. The Morgan fingerprint density at radius 2 is 1.56 bits per heavy atom. The second-order valence-corrected chi connectivity index (χ2v) is 10.9. The quantitative estimate of drug-likeness (QED) is 0.653. The Labute approximate surface area is 98.3 Å². The summed E-state index contributed by atoms with van der Waals surface area (Å²) in [6.07, 6.45) is 2.48. The molecule has 0 fully saturated rings. The van der Waals surface area contributed by atoms with Crippen LogP contribution < -0.4 is 5.19 Å². The highest BCUT2D eigenvalue weighted by atomic mass is 28.3. The number of rotatable bonds is 1. The Hall–Kier alpha value is -1.08. The van der Waals surface area contributed by atoms with Crippen LogP contribution in [0.5, 0.6) is 0 Å². The molecule has 0 bridgehead atoms. The predicted octanol–water partition coefficient (Wildman–Crippen LogP) is 3.48. The molecule has 1 aliphatic rings. The van der Waals surface area contributed by atoms with E-state index in [9.17, 15) is 0 Å². The third-order valence-electron chi connectivity index (χ3n) is 3.68. The zero-order chi connectivity index (χ0) is 11.3. The number of hydrogen-bond acceptors (Lipinski definition) is 0. The Balaban J connectivity index is 2.43. The Bertz CT molecular complexity index is 551. The van der Waals surface area contributed by atoms with Gasteiger partial charge in [-0.3, -0.25) is 0 Å². The van der Waals surface area contributed by atoms with Crippen LogP contribution in [-0.2, 0) is 12.8 Å². The minimum atomic E-state index is -1.22. The fraction of sp³-hybridized carbons (Fsp3) is 0.333. The molecule has 0 radical (unpaired) electrons. The standard InChI is InChI=1S/C15H18Si/c1-16(2,3)14-10-9-12-8-7-11-5-4-6-13(14)15(11)12/h4-6,9-10H,7-8H2,1-3H3. The maximum absolute atomic E-state index is 2.44. The van der Waals surface area contributed by atoms with E-state index in [1.807, 2.05) is 0 Å². The molecule has 0 nitrogen and oxygen atoms in total. The third-order valence-corrected chi connectivity index (χ3v) is 5.74. The molecule has 0 saturated heterocycles. The van der Waals surface area contributed by atoms with E-state index in [4.69, 9.17) is 0 Å². The maximum Gasteiger partial charge on any atom is 0.0784 e. The summed E-state index contributed by atoms with van der Waals surface area (Å²) in [5.41, 5.74) is 3.13. The lowest BCUT2D eigenvalue weighted by Crippen LogP contribution is -2.38. The van der Waals surface area contributed by atoms with Crippen molar-refractivity contribution in [1.82, 2.24) is 0 Å². The molecule has 2 aromatic carbocycles. The van der Waals surface area contributed by atoms with E-state index in [0.29, 0.717) is 0 Å². The van der Waals surface area contributed by atoms with Gasteiger partial charge in [-0.15, -0.1) is 0 Å². The number of hydrogen-bond donors (Lipinski definition) is 0. The Morgan fingerprint density at radius 3 is 2.25 bits per heavy atom. The second kappa shape index (κ2) is 3.20. The molecule has 0 heterocycles. The van der Waals surface area contributed by atoms with Crippen molar-refractivity contribution in [2.45, 2.75) is 32.5 Å². The van der Waals surface area contributed by atoms with Crippen molar-refractivity contribution in [3.63, 3.8) is 0 Å². The van der Waals surface area contributed by atoms with E-state index in [0.717, 1.165) is 0 Å². The molecule has 0 saturated carbocycles. The second-order valence-electron chi connectivity index (χ2n) is 5.86. The van der Waals surface area contributed by atoms with Gasteiger partial charge in [0.15, 0.2) is 0 Å². The summed E-state index contributed by atoms with van der Waals surface area (Å²) in [6.45, 7) is 7.31. The van der Waals surface area contributed by atoms with Gasteiger partial charge in [0.2, 0.25) is 0 Å². The Kier molecular flexibility index (Phi) is 2.02. The number of benzene rings is 2. The van der Waals surface area contributed by atoms with Gasteiger partial charge in [-0.2, -0.15) is 0 Å². The van der Waals surface area contributed by atoms with Crippen LogP contribution in [-0.4, -0.2) is 8.07 Å². The molecule has 16 heavy (non-hydrogen) atoms. The first-order chi connectivity index (χ1) is 7.57. The van der Waals surface area contributed by atoms with Crippen LogP contribution in [0.15, 0.2) is 30.3 Å². The molecule has 0 aromatic heterocycles. The molecule has 0 unspecified atom stereocenters. The lowest BCUT2D eigenvalue weighted by molar-refractivity contribution is 1.02.